The molecule has 0 aliphatic rings. The number of alkyl halides is 3. The molecule has 0 aliphatic heterocycles. The first kappa shape index (κ1) is 16.7. The molecule has 2 heterocycles. The minimum Gasteiger partial charge on any atom is -0.468 e. The van der Waals surface area contributed by atoms with Gasteiger partial charge in [0.15, 0.2) is 6.61 Å². The zero-order valence-electron chi connectivity index (χ0n) is 12.2. The number of hydrogen-bond acceptors (Lipinski definition) is 4. The number of halogens is 3. The molecule has 5 nitrogen and oxygen atoms in total. The first-order valence-electron chi connectivity index (χ1n) is 6.65. The van der Waals surface area contributed by atoms with Crippen molar-refractivity contribution in [2.75, 3.05) is 13.7 Å². The van der Waals surface area contributed by atoms with Crippen LogP contribution in [0.5, 0.6) is 5.88 Å². The molecule has 8 heteroatoms. The summed E-state index contributed by atoms with van der Waals surface area (Å²) in [5.41, 5.74) is 1.12. The SMILES string of the molecule is CN(Cc1cccnc1)C(=O)c1ccc(OCC(F)(F)F)nc1. The average molecular weight is 325 g/mol. The lowest BCUT2D eigenvalue weighted by Crippen LogP contribution is -2.26. The molecule has 2 aromatic rings. The van der Waals surface area contributed by atoms with Gasteiger partial charge in [0, 0.05) is 38.2 Å². The smallest absolute Gasteiger partial charge is 0.422 e. The maximum atomic E-state index is 12.2. The van der Waals surface area contributed by atoms with Crippen molar-refractivity contribution in [2.24, 2.45) is 0 Å². The molecule has 0 aromatic carbocycles. The molecule has 0 saturated heterocycles. The van der Waals surface area contributed by atoms with E-state index in [2.05, 4.69) is 14.7 Å². The van der Waals surface area contributed by atoms with E-state index in [1.54, 1.807) is 25.5 Å². The summed E-state index contributed by atoms with van der Waals surface area (Å²) in [6, 6.07) is 6.21. The van der Waals surface area contributed by atoms with Crippen molar-refractivity contribution >= 4 is 5.91 Å². The van der Waals surface area contributed by atoms with Crippen LogP contribution in [0.4, 0.5) is 13.2 Å². The number of amides is 1. The second-order valence-corrected chi connectivity index (χ2v) is 4.81. The van der Waals surface area contributed by atoms with Crippen molar-refractivity contribution in [1.82, 2.24) is 14.9 Å². The van der Waals surface area contributed by atoms with E-state index >= 15 is 0 Å². The molecule has 0 spiro atoms. The molecule has 0 radical (unpaired) electrons. The summed E-state index contributed by atoms with van der Waals surface area (Å²) < 4.78 is 40.6. The summed E-state index contributed by atoms with van der Waals surface area (Å²) in [6.45, 7) is -1.06. The molecule has 0 unspecified atom stereocenters. The van der Waals surface area contributed by atoms with Gasteiger partial charge in [0.05, 0.1) is 5.56 Å². The molecule has 0 N–H and O–H groups in total. The number of aromatic nitrogens is 2. The van der Waals surface area contributed by atoms with Crippen LogP contribution in [0.2, 0.25) is 0 Å². The van der Waals surface area contributed by atoms with Crippen LogP contribution >= 0.6 is 0 Å². The van der Waals surface area contributed by atoms with Crippen LogP contribution < -0.4 is 4.74 Å². The Morgan fingerprint density at radius 1 is 1.26 bits per heavy atom. The summed E-state index contributed by atoms with van der Waals surface area (Å²) in [6.07, 6.45) is 0.0406. The van der Waals surface area contributed by atoms with Gasteiger partial charge in [-0.1, -0.05) is 6.07 Å². The van der Waals surface area contributed by atoms with Crippen LogP contribution in [-0.4, -0.2) is 40.6 Å². The molecular weight excluding hydrogens is 311 g/mol. The first-order chi connectivity index (χ1) is 10.8. The first-order valence-corrected chi connectivity index (χ1v) is 6.65. The van der Waals surface area contributed by atoms with Gasteiger partial charge in [-0.2, -0.15) is 13.2 Å². The third-order valence-electron chi connectivity index (χ3n) is 2.86. The summed E-state index contributed by atoms with van der Waals surface area (Å²) in [5.74, 6) is -0.488. The molecule has 1 amide bonds. The standard InChI is InChI=1S/C15H14F3N3O2/c1-21(9-11-3-2-6-19-7-11)14(22)12-4-5-13(20-8-12)23-10-15(16,17)18/h2-8H,9-10H2,1H3. The van der Waals surface area contributed by atoms with Gasteiger partial charge in [0.25, 0.3) is 5.91 Å². The van der Waals surface area contributed by atoms with Crippen LogP contribution in [0.25, 0.3) is 0 Å². The Balaban J connectivity index is 1.97. The molecule has 0 bridgehead atoms. The number of carbonyl (C=O) groups is 1. The van der Waals surface area contributed by atoms with E-state index in [1.165, 1.54) is 23.2 Å². The Hall–Kier alpha value is -2.64. The summed E-state index contributed by atoms with van der Waals surface area (Å²) in [7, 11) is 1.61. The molecule has 0 aliphatic carbocycles. The van der Waals surface area contributed by atoms with Gasteiger partial charge in [-0.15, -0.1) is 0 Å². The fourth-order valence-electron chi connectivity index (χ4n) is 1.81. The van der Waals surface area contributed by atoms with E-state index < -0.39 is 12.8 Å². The molecule has 122 valence electrons. The topological polar surface area (TPSA) is 55.3 Å². The molecule has 0 saturated carbocycles. The predicted molar refractivity (Wildman–Crippen MR) is 75.8 cm³/mol. The number of nitrogens with zero attached hydrogens (tertiary/aromatic N) is 3. The van der Waals surface area contributed by atoms with Crippen molar-refractivity contribution < 1.29 is 22.7 Å². The van der Waals surface area contributed by atoms with Gasteiger partial charge in [0.1, 0.15) is 0 Å². The normalized spacial score (nSPS) is 11.1. The monoisotopic (exact) mass is 325 g/mol. The Morgan fingerprint density at radius 2 is 2.04 bits per heavy atom. The van der Waals surface area contributed by atoms with E-state index in [4.69, 9.17) is 0 Å². The maximum absolute atomic E-state index is 12.2. The van der Waals surface area contributed by atoms with Gasteiger partial charge in [-0.05, 0) is 17.7 Å². The third kappa shape index (κ3) is 5.24. The number of carbonyl (C=O) groups excluding carboxylic acids is 1. The Bertz CT molecular complexity index is 645. The van der Waals surface area contributed by atoms with E-state index in [9.17, 15) is 18.0 Å². The molecular formula is C15H14F3N3O2. The lowest BCUT2D eigenvalue weighted by molar-refractivity contribution is -0.154. The van der Waals surface area contributed by atoms with E-state index in [1.807, 2.05) is 6.07 Å². The second-order valence-electron chi connectivity index (χ2n) is 4.81. The molecule has 0 atom stereocenters. The van der Waals surface area contributed by atoms with Crippen LogP contribution in [0, 0.1) is 0 Å². The van der Waals surface area contributed by atoms with Crippen LogP contribution in [0.15, 0.2) is 42.9 Å². The molecule has 2 rings (SSSR count). The molecule has 0 fully saturated rings. The number of ether oxygens (including phenoxy) is 1. The van der Waals surface area contributed by atoms with Crippen molar-refractivity contribution in [3.8, 4) is 5.88 Å². The lowest BCUT2D eigenvalue weighted by atomic mass is 10.2. The molecule has 23 heavy (non-hydrogen) atoms. The average Bonchev–Trinajstić information content (AvgIpc) is 2.53. The minimum atomic E-state index is -4.43. The quantitative estimate of drug-likeness (QED) is 0.848. The zero-order valence-corrected chi connectivity index (χ0v) is 12.2. The highest BCUT2D eigenvalue weighted by atomic mass is 19.4. The van der Waals surface area contributed by atoms with Gasteiger partial charge >= 0.3 is 6.18 Å². The van der Waals surface area contributed by atoms with Crippen molar-refractivity contribution in [1.29, 1.82) is 0 Å². The van der Waals surface area contributed by atoms with Gasteiger partial charge in [-0.3, -0.25) is 9.78 Å². The Labute approximate surface area is 130 Å². The second kappa shape index (κ2) is 7.08. The van der Waals surface area contributed by atoms with Crippen LogP contribution in [0.3, 0.4) is 0 Å². The van der Waals surface area contributed by atoms with E-state index in [0.717, 1.165) is 5.56 Å². The van der Waals surface area contributed by atoms with E-state index in [-0.39, 0.29) is 17.4 Å². The van der Waals surface area contributed by atoms with E-state index in [0.29, 0.717) is 6.54 Å². The number of pyridine rings is 2. The Morgan fingerprint density at radius 3 is 2.61 bits per heavy atom. The predicted octanol–water partition coefficient (Wildman–Crippen LogP) is 2.69. The summed E-state index contributed by atoms with van der Waals surface area (Å²) >= 11 is 0. The molecule has 2 aromatic heterocycles. The Kier molecular flexibility index (Phi) is 5.15. The van der Waals surface area contributed by atoms with Gasteiger partial charge in [-0.25, -0.2) is 4.98 Å². The summed E-state index contributed by atoms with van der Waals surface area (Å²) in [4.78, 5) is 21.4. The zero-order chi connectivity index (χ0) is 16.9. The highest BCUT2D eigenvalue weighted by Gasteiger charge is 2.28. The summed E-state index contributed by atoms with van der Waals surface area (Å²) in [5, 5.41) is 0. The fourth-order valence-corrected chi connectivity index (χ4v) is 1.81. The number of rotatable bonds is 5. The highest BCUT2D eigenvalue weighted by molar-refractivity contribution is 5.93. The van der Waals surface area contributed by atoms with Crippen LogP contribution in [-0.2, 0) is 6.54 Å². The largest absolute Gasteiger partial charge is 0.468 e. The fraction of sp³-hybridized carbons (Fsp3) is 0.267. The minimum absolute atomic E-state index is 0.186. The third-order valence-corrected chi connectivity index (χ3v) is 2.86. The van der Waals surface area contributed by atoms with Gasteiger partial charge in [0.2, 0.25) is 5.88 Å². The highest BCUT2D eigenvalue weighted by Crippen LogP contribution is 2.17. The van der Waals surface area contributed by atoms with Crippen LogP contribution in [0.1, 0.15) is 15.9 Å². The van der Waals surface area contributed by atoms with Crippen molar-refractivity contribution in [2.45, 2.75) is 12.7 Å². The van der Waals surface area contributed by atoms with Crippen molar-refractivity contribution in [3.05, 3.63) is 54.0 Å². The van der Waals surface area contributed by atoms with Crippen molar-refractivity contribution in [3.63, 3.8) is 0 Å². The number of hydrogen-bond donors (Lipinski definition) is 0. The maximum Gasteiger partial charge on any atom is 0.422 e. The lowest BCUT2D eigenvalue weighted by Gasteiger charge is -2.17. The van der Waals surface area contributed by atoms with Gasteiger partial charge < -0.3 is 9.64 Å².